The van der Waals surface area contributed by atoms with Gasteiger partial charge in [-0.15, -0.1) is 0 Å². The van der Waals surface area contributed by atoms with E-state index in [0.29, 0.717) is 17.8 Å². The maximum absolute atomic E-state index is 6.17. The lowest BCUT2D eigenvalue weighted by molar-refractivity contribution is 0.0985. The summed E-state index contributed by atoms with van der Waals surface area (Å²) < 4.78 is 5.46. The SMILES string of the molecule is C[C@@H]1COCCN1c1cc(-c2ccccn2)cc(Cl)n1. The molecule has 5 heteroatoms. The molecule has 2 aromatic heterocycles. The molecule has 2 aromatic rings. The number of halogens is 1. The molecule has 1 saturated heterocycles. The number of rotatable bonds is 2. The summed E-state index contributed by atoms with van der Waals surface area (Å²) in [5.41, 5.74) is 1.89. The Balaban J connectivity index is 1.98. The maximum atomic E-state index is 6.17. The van der Waals surface area contributed by atoms with E-state index in [4.69, 9.17) is 16.3 Å². The fraction of sp³-hybridized carbons (Fsp3) is 0.333. The van der Waals surface area contributed by atoms with E-state index in [0.717, 1.165) is 30.2 Å². The Kier molecular flexibility index (Phi) is 3.85. The van der Waals surface area contributed by atoms with Gasteiger partial charge in [0, 0.05) is 18.3 Å². The van der Waals surface area contributed by atoms with Gasteiger partial charge in [-0.2, -0.15) is 0 Å². The lowest BCUT2D eigenvalue weighted by Gasteiger charge is -2.34. The molecule has 4 nitrogen and oxygen atoms in total. The first-order valence-corrected chi connectivity index (χ1v) is 7.05. The summed E-state index contributed by atoms with van der Waals surface area (Å²) in [4.78, 5) is 11.0. The number of ether oxygens (including phenoxy) is 1. The zero-order valence-corrected chi connectivity index (χ0v) is 12.0. The Hall–Kier alpha value is -1.65. The molecule has 1 aliphatic rings. The minimum Gasteiger partial charge on any atom is -0.377 e. The van der Waals surface area contributed by atoms with Crippen molar-refractivity contribution in [3.8, 4) is 11.3 Å². The van der Waals surface area contributed by atoms with Gasteiger partial charge in [0.1, 0.15) is 11.0 Å². The number of anilines is 1. The Morgan fingerprint density at radius 3 is 3.00 bits per heavy atom. The Labute approximate surface area is 123 Å². The van der Waals surface area contributed by atoms with E-state index in [2.05, 4.69) is 21.8 Å². The number of morpholine rings is 1. The monoisotopic (exact) mass is 289 g/mol. The average molecular weight is 290 g/mol. The van der Waals surface area contributed by atoms with Crippen LogP contribution in [-0.4, -0.2) is 35.8 Å². The second-order valence-electron chi connectivity index (χ2n) is 4.87. The van der Waals surface area contributed by atoms with E-state index in [1.165, 1.54) is 0 Å². The van der Waals surface area contributed by atoms with Crippen molar-refractivity contribution in [3.05, 3.63) is 41.7 Å². The predicted molar refractivity (Wildman–Crippen MR) is 80.1 cm³/mol. The van der Waals surface area contributed by atoms with E-state index in [1.807, 2.05) is 30.3 Å². The third-order valence-corrected chi connectivity index (χ3v) is 3.60. The standard InChI is InChI=1S/C15H16ClN3O/c1-11-10-20-7-6-19(11)15-9-12(8-14(16)18-15)13-4-2-3-5-17-13/h2-5,8-9,11H,6-7,10H2,1H3/t11-/m1/s1. The second-order valence-corrected chi connectivity index (χ2v) is 5.26. The van der Waals surface area contributed by atoms with Gasteiger partial charge < -0.3 is 9.64 Å². The lowest BCUT2D eigenvalue weighted by Crippen LogP contribution is -2.44. The lowest BCUT2D eigenvalue weighted by atomic mass is 10.1. The summed E-state index contributed by atoms with van der Waals surface area (Å²) in [5.74, 6) is 0.883. The van der Waals surface area contributed by atoms with E-state index in [-0.39, 0.29) is 0 Å². The summed E-state index contributed by atoms with van der Waals surface area (Å²) in [6.07, 6.45) is 1.78. The van der Waals surface area contributed by atoms with Gasteiger partial charge in [0.25, 0.3) is 0 Å². The molecule has 1 atom stereocenters. The van der Waals surface area contributed by atoms with Gasteiger partial charge in [0.2, 0.25) is 0 Å². The van der Waals surface area contributed by atoms with Crippen LogP contribution in [0.3, 0.4) is 0 Å². The Morgan fingerprint density at radius 2 is 2.25 bits per heavy atom. The predicted octanol–water partition coefficient (Wildman–Crippen LogP) is 3.02. The van der Waals surface area contributed by atoms with E-state index < -0.39 is 0 Å². The quantitative estimate of drug-likeness (QED) is 0.797. The van der Waals surface area contributed by atoms with E-state index in [1.54, 1.807) is 6.20 Å². The minimum atomic E-state index is 0.297. The molecule has 0 unspecified atom stereocenters. The highest BCUT2D eigenvalue weighted by Gasteiger charge is 2.21. The molecule has 3 heterocycles. The Morgan fingerprint density at radius 1 is 1.35 bits per heavy atom. The summed E-state index contributed by atoms with van der Waals surface area (Å²) in [5, 5.41) is 0.488. The number of aromatic nitrogens is 2. The fourth-order valence-corrected chi connectivity index (χ4v) is 2.58. The van der Waals surface area contributed by atoms with Gasteiger partial charge in [-0.1, -0.05) is 17.7 Å². The number of hydrogen-bond donors (Lipinski definition) is 0. The van der Waals surface area contributed by atoms with E-state index in [9.17, 15) is 0 Å². The minimum absolute atomic E-state index is 0.297. The normalized spacial score (nSPS) is 19.1. The van der Waals surface area contributed by atoms with Crippen molar-refractivity contribution in [1.82, 2.24) is 9.97 Å². The molecule has 0 amide bonds. The maximum Gasteiger partial charge on any atom is 0.132 e. The van der Waals surface area contributed by atoms with Crippen molar-refractivity contribution in [1.29, 1.82) is 0 Å². The van der Waals surface area contributed by atoms with Gasteiger partial charge in [-0.05, 0) is 31.2 Å². The summed E-state index contributed by atoms with van der Waals surface area (Å²) in [7, 11) is 0. The van der Waals surface area contributed by atoms with Crippen LogP contribution < -0.4 is 4.90 Å². The highest BCUT2D eigenvalue weighted by atomic mass is 35.5. The van der Waals surface area contributed by atoms with Crippen LogP contribution >= 0.6 is 11.6 Å². The van der Waals surface area contributed by atoms with Crippen molar-refractivity contribution >= 4 is 17.4 Å². The molecular weight excluding hydrogens is 274 g/mol. The van der Waals surface area contributed by atoms with Gasteiger partial charge in [-0.25, -0.2) is 4.98 Å². The first-order valence-electron chi connectivity index (χ1n) is 6.67. The highest BCUT2D eigenvalue weighted by Crippen LogP contribution is 2.26. The van der Waals surface area contributed by atoms with Crippen LogP contribution in [0, 0.1) is 0 Å². The molecule has 0 radical (unpaired) electrons. The van der Waals surface area contributed by atoms with Crippen LogP contribution in [0.5, 0.6) is 0 Å². The van der Waals surface area contributed by atoms with Gasteiger partial charge in [0.05, 0.1) is 24.9 Å². The molecular formula is C15H16ClN3O. The third-order valence-electron chi connectivity index (χ3n) is 3.40. The van der Waals surface area contributed by atoms with Gasteiger partial charge in [-0.3, -0.25) is 4.98 Å². The molecule has 104 valence electrons. The van der Waals surface area contributed by atoms with E-state index >= 15 is 0 Å². The highest BCUT2D eigenvalue weighted by molar-refractivity contribution is 6.29. The summed E-state index contributed by atoms with van der Waals surface area (Å²) in [6.45, 7) is 4.39. The van der Waals surface area contributed by atoms with Gasteiger partial charge in [0.15, 0.2) is 0 Å². The third kappa shape index (κ3) is 2.76. The fourth-order valence-electron chi connectivity index (χ4n) is 2.38. The second kappa shape index (κ2) is 5.77. The van der Waals surface area contributed by atoms with Crippen LogP contribution in [-0.2, 0) is 4.74 Å². The van der Waals surface area contributed by atoms with Gasteiger partial charge >= 0.3 is 0 Å². The van der Waals surface area contributed by atoms with Crippen molar-refractivity contribution in [2.24, 2.45) is 0 Å². The zero-order chi connectivity index (χ0) is 13.9. The molecule has 0 aliphatic carbocycles. The summed E-state index contributed by atoms with van der Waals surface area (Å²) >= 11 is 6.17. The van der Waals surface area contributed by atoms with Crippen LogP contribution in [0.1, 0.15) is 6.92 Å². The molecule has 3 rings (SSSR count). The number of pyridine rings is 2. The first-order chi connectivity index (χ1) is 9.74. The first kappa shape index (κ1) is 13.3. The topological polar surface area (TPSA) is 38.2 Å². The van der Waals surface area contributed by atoms with Crippen molar-refractivity contribution in [2.75, 3.05) is 24.7 Å². The van der Waals surface area contributed by atoms with Crippen molar-refractivity contribution in [3.63, 3.8) is 0 Å². The van der Waals surface area contributed by atoms with Crippen molar-refractivity contribution < 1.29 is 4.74 Å². The Bertz CT molecular complexity index is 591. The van der Waals surface area contributed by atoms with Crippen LogP contribution in [0.15, 0.2) is 36.5 Å². The van der Waals surface area contributed by atoms with Crippen molar-refractivity contribution in [2.45, 2.75) is 13.0 Å². The van der Waals surface area contributed by atoms with Crippen LogP contribution in [0.2, 0.25) is 5.15 Å². The molecule has 1 aliphatic heterocycles. The zero-order valence-electron chi connectivity index (χ0n) is 11.3. The molecule has 0 saturated carbocycles. The average Bonchev–Trinajstić information content (AvgIpc) is 2.48. The number of hydrogen-bond acceptors (Lipinski definition) is 4. The molecule has 20 heavy (non-hydrogen) atoms. The molecule has 0 aromatic carbocycles. The number of nitrogens with zero attached hydrogens (tertiary/aromatic N) is 3. The molecule has 1 fully saturated rings. The molecule has 0 N–H and O–H groups in total. The smallest absolute Gasteiger partial charge is 0.132 e. The molecule has 0 spiro atoms. The largest absolute Gasteiger partial charge is 0.377 e. The molecule has 0 bridgehead atoms. The van der Waals surface area contributed by atoms with Crippen LogP contribution in [0.4, 0.5) is 5.82 Å². The van der Waals surface area contributed by atoms with Crippen LogP contribution in [0.25, 0.3) is 11.3 Å². The summed E-state index contributed by atoms with van der Waals surface area (Å²) in [6, 6.07) is 10.0.